The lowest BCUT2D eigenvalue weighted by atomic mass is 10.0. The van der Waals surface area contributed by atoms with Crippen LogP contribution in [0, 0.1) is 13.8 Å². The SMILES string of the molecule is Cc1cc(Cn2cncc2C)cc2c1CCC2=O. The smallest absolute Gasteiger partial charge is 0.163 e. The van der Waals surface area contributed by atoms with Gasteiger partial charge in [0.05, 0.1) is 6.33 Å². The van der Waals surface area contributed by atoms with Gasteiger partial charge in [0.25, 0.3) is 0 Å². The number of carbonyl (C=O) groups is 1. The lowest BCUT2D eigenvalue weighted by Gasteiger charge is -2.10. The van der Waals surface area contributed by atoms with Crippen LogP contribution in [-0.4, -0.2) is 15.3 Å². The Kier molecular flexibility index (Phi) is 2.54. The molecule has 0 amide bonds. The Morgan fingerprint density at radius 3 is 2.83 bits per heavy atom. The highest BCUT2D eigenvalue weighted by molar-refractivity contribution is 6.00. The van der Waals surface area contributed by atoms with E-state index < -0.39 is 0 Å². The van der Waals surface area contributed by atoms with E-state index in [1.807, 2.05) is 19.4 Å². The minimum atomic E-state index is 0.289. The second-order valence-corrected chi connectivity index (χ2v) is 5.02. The summed E-state index contributed by atoms with van der Waals surface area (Å²) >= 11 is 0. The fourth-order valence-electron chi connectivity index (χ4n) is 2.69. The van der Waals surface area contributed by atoms with Crippen molar-refractivity contribution in [1.82, 2.24) is 9.55 Å². The van der Waals surface area contributed by atoms with Gasteiger partial charge in [0.1, 0.15) is 0 Å². The van der Waals surface area contributed by atoms with Crippen molar-refractivity contribution in [3.05, 3.63) is 52.6 Å². The van der Waals surface area contributed by atoms with Crippen molar-refractivity contribution in [2.75, 3.05) is 0 Å². The molecule has 1 heterocycles. The van der Waals surface area contributed by atoms with E-state index in [4.69, 9.17) is 0 Å². The van der Waals surface area contributed by atoms with Crippen LogP contribution in [0.5, 0.6) is 0 Å². The Bertz CT molecular complexity index is 625. The van der Waals surface area contributed by atoms with Crippen LogP contribution in [0.4, 0.5) is 0 Å². The Hall–Kier alpha value is -1.90. The molecule has 3 heteroatoms. The molecule has 0 saturated carbocycles. The summed E-state index contributed by atoms with van der Waals surface area (Å²) in [5.74, 6) is 0.289. The number of hydrogen-bond acceptors (Lipinski definition) is 2. The molecule has 18 heavy (non-hydrogen) atoms. The van der Waals surface area contributed by atoms with Crippen molar-refractivity contribution >= 4 is 5.78 Å². The van der Waals surface area contributed by atoms with E-state index >= 15 is 0 Å². The van der Waals surface area contributed by atoms with Gasteiger partial charge >= 0.3 is 0 Å². The van der Waals surface area contributed by atoms with Crippen LogP contribution in [0.3, 0.4) is 0 Å². The molecule has 1 aliphatic rings. The molecule has 0 spiro atoms. The number of ketones is 1. The highest BCUT2D eigenvalue weighted by atomic mass is 16.1. The van der Waals surface area contributed by atoms with E-state index in [-0.39, 0.29) is 5.78 Å². The zero-order valence-electron chi connectivity index (χ0n) is 10.7. The first-order valence-corrected chi connectivity index (χ1v) is 6.27. The topological polar surface area (TPSA) is 34.9 Å². The lowest BCUT2D eigenvalue weighted by molar-refractivity contribution is 0.0994. The maximum Gasteiger partial charge on any atom is 0.163 e. The highest BCUT2D eigenvalue weighted by Gasteiger charge is 2.21. The summed E-state index contributed by atoms with van der Waals surface area (Å²) in [5, 5.41) is 0. The van der Waals surface area contributed by atoms with Crippen LogP contribution in [0.1, 0.15) is 39.2 Å². The van der Waals surface area contributed by atoms with Gasteiger partial charge in [-0.3, -0.25) is 4.79 Å². The molecule has 1 aromatic heterocycles. The number of imidazole rings is 1. The summed E-state index contributed by atoms with van der Waals surface area (Å²) in [5.41, 5.74) is 5.74. The molecule has 0 saturated heterocycles. The first kappa shape index (κ1) is 11.2. The Balaban J connectivity index is 1.99. The third-order valence-electron chi connectivity index (χ3n) is 3.71. The van der Waals surface area contributed by atoms with Crippen molar-refractivity contribution in [1.29, 1.82) is 0 Å². The number of fused-ring (bicyclic) bond motifs is 1. The van der Waals surface area contributed by atoms with Crippen LogP contribution in [-0.2, 0) is 13.0 Å². The normalized spacial score (nSPS) is 14.0. The largest absolute Gasteiger partial charge is 0.330 e. The highest BCUT2D eigenvalue weighted by Crippen LogP contribution is 2.27. The summed E-state index contributed by atoms with van der Waals surface area (Å²) in [6.45, 7) is 4.92. The molecule has 92 valence electrons. The summed E-state index contributed by atoms with van der Waals surface area (Å²) in [4.78, 5) is 15.9. The van der Waals surface area contributed by atoms with E-state index in [0.29, 0.717) is 6.42 Å². The van der Waals surface area contributed by atoms with Gasteiger partial charge in [-0.1, -0.05) is 6.07 Å². The van der Waals surface area contributed by atoms with E-state index in [2.05, 4.69) is 28.6 Å². The van der Waals surface area contributed by atoms with Crippen LogP contribution in [0.25, 0.3) is 0 Å². The molecule has 1 aromatic carbocycles. The second-order valence-electron chi connectivity index (χ2n) is 5.02. The standard InChI is InChI=1S/C15H16N2O/c1-10-5-12(8-17-9-16-7-11(17)2)6-14-13(10)3-4-15(14)18/h5-7,9H,3-4,8H2,1-2H3. The zero-order chi connectivity index (χ0) is 12.7. The number of Topliss-reactive ketones (excluding diaryl/α,β-unsaturated/α-hetero) is 1. The lowest BCUT2D eigenvalue weighted by Crippen LogP contribution is -2.03. The number of hydrogen-bond donors (Lipinski definition) is 0. The quantitative estimate of drug-likeness (QED) is 0.809. The number of carbonyl (C=O) groups excluding carboxylic acids is 1. The summed E-state index contributed by atoms with van der Waals surface area (Å²) in [6, 6.07) is 4.24. The third-order valence-corrected chi connectivity index (χ3v) is 3.71. The monoisotopic (exact) mass is 240 g/mol. The number of rotatable bonds is 2. The van der Waals surface area contributed by atoms with Gasteiger partial charge < -0.3 is 4.57 Å². The van der Waals surface area contributed by atoms with E-state index in [1.165, 1.54) is 16.7 Å². The Morgan fingerprint density at radius 2 is 2.11 bits per heavy atom. The molecule has 0 N–H and O–H groups in total. The molecule has 0 atom stereocenters. The van der Waals surface area contributed by atoms with Crippen LogP contribution >= 0.6 is 0 Å². The molecule has 3 nitrogen and oxygen atoms in total. The number of aromatic nitrogens is 2. The minimum absolute atomic E-state index is 0.289. The molecular formula is C15H16N2O. The van der Waals surface area contributed by atoms with Gasteiger partial charge in [-0.25, -0.2) is 4.98 Å². The van der Waals surface area contributed by atoms with Crippen LogP contribution in [0.15, 0.2) is 24.7 Å². The van der Waals surface area contributed by atoms with Crippen molar-refractivity contribution in [3.8, 4) is 0 Å². The van der Waals surface area contributed by atoms with Gasteiger partial charge in [0.15, 0.2) is 5.78 Å². The predicted molar refractivity (Wildman–Crippen MR) is 69.9 cm³/mol. The maximum absolute atomic E-state index is 11.8. The number of aryl methyl sites for hydroxylation is 2. The first-order valence-electron chi connectivity index (χ1n) is 6.27. The number of nitrogens with zero attached hydrogens (tertiary/aromatic N) is 2. The van der Waals surface area contributed by atoms with Gasteiger partial charge in [-0.05, 0) is 43.0 Å². The minimum Gasteiger partial charge on any atom is -0.330 e. The van der Waals surface area contributed by atoms with Crippen molar-refractivity contribution < 1.29 is 4.79 Å². The van der Waals surface area contributed by atoms with E-state index in [9.17, 15) is 4.79 Å². The first-order chi connectivity index (χ1) is 8.65. The fraction of sp³-hybridized carbons (Fsp3) is 0.333. The summed E-state index contributed by atoms with van der Waals surface area (Å²) < 4.78 is 2.10. The van der Waals surface area contributed by atoms with Crippen molar-refractivity contribution in [2.24, 2.45) is 0 Å². The molecule has 0 unspecified atom stereocenters. The summed E-state index contributed by atoms with van der Waals surface area (Å²) in [7, 11) is 0. The van der Waals surface area contributed by atoms with Gasteiger partial charge in [0.2, 0.25) is 0 Å². The maximum atomic E-state index is 11.8. The zero-order valence-corrected chi connectivity index (χ0v) is 10.7. The Labute approximate surface area is 106 Å². The second kappa shape index (κ2) is 4.09. The van der Waals surface area contributed by atoms with Crippen LogP contribution in [0.2, 0.25) is 0 Å². The molecule has 0 fully saturated rings. The van der Waals surface area contributed by atoms with Crippen molar-refractivity contribution in [2.45, 2.75) is 33.2 Å². The van der Waals surface area contributed by atoms with E-state index in [0.717, 1.165) is 24.2 Å². The van der Waals surface area contributed by atoms with Crippen molar-refractivity contribution in [3.63, 3.8) is 0 Å². The van der Waals surface area contributed by atoms with Gasteiger partial charge in [-0.2, -0.15) is 0 Å². The molecule has 0 aliphatic heterocycles. The molecule has 3 rings (SSSR count). The van der Waals surface area contributed by atoms with Crippen LogP contribution < -0.4 is 0 Å². The predicted octanol–water partition coefficient (Wildman–Crippen LogP) is 2.68. The van der Waals surface area contributed by atoms with Gasteiger partial charge in [0, 0.05) is 30.4 Å². The number of benzene rings is 1. The average Bonchev–Trinajstić information content (AvgIpc) is 2.88. The molecule has 0 radical (unpaired) electrons. The summed E-state index contributed by atoms with van der Waals surface area (Å²) in [6.07, 6.45) is 5.26. The molecular weight excluding hydrogens is 224 g/mol. The average molecular weight is 240 g/mol. The molecule has 0 bridgehead atoms. The fourth-order valence-corrected chi connectivity index (χ4v) is 2.69. The van der Waals surface area contributed by atoms with Gasteiger partial charge in [-0.15, -0.1) is 0 Å². The third kappa shape index (κ3) is 1.76. The molecule has 1 aliphatic carbocycles. The van der Waals surface area contributed by atoms with E-state index in [1.54, 1.807) is 0 Å². The molecule has 2 aromatic rings. The Morgan fingerprint density at radius 1 is 1.28 bits per heavy atom.